The molecule has 0 saturated carbocycles. The van der Waals surface area contributed by atoms with E-state index in [-0.39, 0.29) is 23.8 Å². The average Bonchev–Trinajstić information content (AvgIpc) is 2.92. The molecule has 2 atom stereocenters. The largest absolute Gasteiger partial charge is 0.348 e. The summed E-state index contributed by atoms with van der Waals surface area (Å²) >= 11 is 0. The minimum Gasteiger partial charge on any atom is -0.348 e. The summed E-state index contributed by atoms with van der Waals surface area (Å²) in [5.41, 5.74) is 1.59. The van der Waals surface area contributed by atoms with Gasteiger partial charge >= 0.3 is 0 Å². The lowest BCUT2D eigenvalue weighted by Gasteiger charge is -2.33. The molecule has 1 aromatic carbocycles. The molecule has 116 valence electrons. The van der Waals surface area contributed by atoms with Crippen molar-refractivity contribution in [3.63, 3.8) is 0 Å². The second kappa shape index (κ2) is 6.27. The summed E-state index contributed by atoms with van der Waals surface area (Å²) in [6, 6.07) is 6.24. The summed E-state index contributed by atoms with van der Waals surface area (Å²) in [7, 11) is 1.87. The van der Waals surface area contributed by atoms with E-state index in [2.05, 4.69) is 15.7 Å². The molecule has 1 saturated heterocycles. The molecule has 1 aromatic heterocycles. The molecule has 0 unspecified atom stereocenters. The van der Waals surface area contributed by atoms with Crippen molar-refractivity contribution in [2.45, 2.75) is 31.5 Å². The third-order valence-electron chi connectivity index (χ3n) is 3.97. The highest BCUT2D eigenvalue weighted by molar-refractivity contribution is 5.77. The first-order chi connectivity index (χ1) is 10.6. The maximum absolute atomic E-state index is 14.0. The maximum Gasteiger partial charge on any atom is 0.220 e. The van der Waals surface area contributed by atoms with E-state index in [9.17, 15) is 9.18 Å². The number of nitrogens with zero attached hydrogens (tertiary/aromatic N) is 2. The smallest absolute Gasteiger partial charge is 0.220 e. The van der Waals surface area contributed by atoms with E-state index in [1.807, 2.05) is 13.2 Å². The number of piperidine rings is 1. The molecule has 1 fully saturated rings. The summed E-state index contributed by atoms with van der Waals surface area (Å²) in [5.74, 6) is -0.324. The summed E-state index contributed by atoms with van der Waals surface area (Å²) in [4.78, 5) is 11.7. The van der Waals surface area contributed by atoms with Crippen LogP contribution in [-0.2, 0) is 18.4 Å². The van der Waals surface area contributed by atoms with Crippen molar-refractivity contribution in [1.29, 1.82) is 0 Å². The number of hydrogen-bond acceptors (Lipinski definition) is 3. The maximum atomic E-state index is 14.0. The number of rotatable bonds is 4. The molecule has 2 heterocycles. The first-order valence-corrected chi connectivity index (χ1v) is 7.38. The van der Waals surface area contributed by atoms with Gasteiger partial charge in [-0.3, -0.25) is 9.48 Å². The Labute approximate surface area is 128 Å². The molecular formula is C16H19FN4O. The van der Waals surface area contributed by atoms with Crippen molar-refractivity contribution >= 4 is 5.91 Å². The number of aromatic nitrogens is 2. The van der Waals surface area contributed by atoms with Crippen LogP contribution in [0.15, 0.2) is 36.7 Å². The number of halogens is 1. The van der Waals surface area contributed by atoms with Crippen molar-refractivity contribution in [2.75, 3.05) is 0 Å². The summed E-state index contributed by atoms with van der Waals surface area (Å²) in [5, 5.41) is 10.4. The van der Waals surface area contributed by atoms with Gasteiger partial charge in [-0.05, 0) is 12.5 Å². The van der Waals surface area contributed by atoms with Gasteiger partial charge in [0, 0.05) is 43.4 Å². The number of hydrogen-bond donors (Lipinski definition) is 2. The van der Waals surface area contributed by atoms with Gasteiger partial charge in [-0.25, -0.2) is 4.39 Å². The van der Waals surface area contributed by atoms with Gasteiger partial charge in [0.2, 0.25) is 5.91 Å². The molecule has 0 bridgehead atoms. The van der Waals surface area contributed by atoms with E-state index in [1.54, 1.807) is 29.1 Å². The van der Waals surface area contributed by atoms with Crippen LogP contribution in [0.25, 0.3) is 0 Å². The lowest BCUT2D eigenvalue weighted by molar-refractivity contribution is -0.123. The minimum absolute atomic E-state index is 0.00481. The zero-order chi connectivity index (χ0) is 15.5. The molecule has 22 heavy (non-hydrogen) atoms. The Balaban J connectivity index is 1.75. The van der Waals surface area contributed by atoms with Crippen LogP contribution < -0.4 is 10.6 Å². The van der Waals surface area contributed by atoms with Gasteiger partial charge in [0.25, 0.3) is 0 Å². The summed E-state index contributed by atoms with van der Waals surface area (Å²) in [6.07, 6.45) is 4.87. The molecule has 1 aliphatic heterocycles. The Morgan fingerprint density at radius 3 is 3.00 bits per heavy atom. The monoisotopic (exact) mass is 302 g/mol. The fourth-order valence-corrected chi connectivity index (χ4v) is 2.85. The molecule has 3 rings (SSSR count). The molecule has 6 heteroatoms. The van der Waals surface area contributed by atoms with Crippen LogP contribution >= 0.6 is 0 Å². The van der Waals surface area contributed by atoms with E-state index < -0.39 is 0 Å². The van der Waals surface area contributed by atoms with Crippen LogP contribution in [0.3, 0.4) is 0 Å². The van der Waals surface area contributed by atoms with Crippen LogP contribution in [-0.4, -0.2) is 21.7 Å². The van der Waals surface area contributed by atoms with Crippen LogP contribution in [0.4, 0.5) is 4.39 Å². The normalized spacial score (nSPS) is 21.6. The highest BCUT2D eigenvalue weighted by Crippen LogP contribution is 2.26. The van der Waals surface area contributed by atoms with Gasteiger partial charge in [0.05, 0.1) is 12.2 Å². The van der Waals surface area contributed by atoms with Crippen molar-refractivity contribution in [3.05, 3.63) is 53.6 Å². The minimum atomic E-state index is -0.348. The lowest BCUT2D eigenvalue weighted by atomic mass is 9.91. The Morgan fingerprint density at radius 1 is 1.45 bits per heavy atom. The first-order valence-electron chi connectivity index (χ1n) is 7.38. The predicted octanol–water partition coefficient (Wildman–Crippen LogP) is 1.67. The number of benzene rings is 1. The summed E-state index contributed by atoms with van der Waals surface area (Å²) in [6.45, 7) is 0.638. The topological polar surface area (TPSA) is 59.0 Å². The van der Waals surface area contributed by atoms with E-state index in [4.69, 9.17) is 0 Å². The molecular weight excluding hydrogens is 283 g/mol. The lowest BCUT2D eigenvalue weighted by Crippen LogP contribution is -2.48. The molecule has 0 radical (unpaired) electrons. The molecule has 1 aliphatic rings. The Kier molecular flexibility index (Phi) is 4.20. The number of amides is 1. The highest BCUT2D eigenvalue weighted by Gasteiger charge is 2.31. The van der Waals surface area contributed by atoms with E-state index in [0.717, 1.165) is 5.56 Å². The number of carbonyl (C=O) groups is 1. The Bertz CT molecular complexity index is 670. The first kappa shape index (κ1) is 14.7. The zero-order valence-electron chi connectivity index (χ0n) is 12.4. The van der Waals surface area contributed by atoms with Gasteiger partial charge in [0.1, 0.15) is 5.82 Å². The van der Waals surface area contributed by atoms with E-state index >= 15 is 0 Å². The van der Waals surface area contributed by atoms with E-state index in [0.29, 0.717) is 24.9 Å². The van der Waals surface area contributed by atoms with Crippen molar-refractivity contribution < 1.29 is 9.18 Å². The van der Waals surface area contributed by atoms with Gasteiger partial charge in [-0.2, -0.15) is 5.10 Å². The van der Waals surface area contributed by atoms with Crippen molar-refractivity contribution in [1.82, 2.24) is 20.4 Å². The standard InChI is InChI=1S/C16H19FN4O/c1-21-10-11(9-19-21)8-18-14-6-7-15(22)20-16(14)12-4-2-3-5-13(12)17/h2-5,9-10,14,16,18H,6-8H2,1H3,(H,20,22)/t14-,16+/m1/s1. The predicted molar refractivity (Wildman–Crippen MR) is 80.4 cm³/mol. The summed E-state index contributed by atoms with van der Waals surface area (Å²) < 4.78 is 15.8. The van der Waals surface area contributed by atoms with Gasteiger partial charge in [-0.1, -0.05) is 18.2 Å². The van der Waals surface area contributed by atoms with Crippen LogP contribution in [0.2, 0.25) is 0 Å². The van der Waals surface area contributed by atoms with Crippen LogP contribution in [0, 0.1) is 5.82 Å². The van der Waals surface area contributed by atoms with Gasteiger partial charge in [0.15, 0.2) is 0 Å². The third-order valence-corrected chi connectivity index (χ3v) is 3.97. The Hall–Kier alpha value is -2.21. The van der Waals surface area contributed by atoms with Crippen molar-refractivity contribution in [3.8, 4) is 0 Å². The molecule has 2 aromatic rings. The van der Waals surface area contributed by atoms with Crippen molar-refractivity contribution in [2.24, 2.45) is 7.05 Å². The average molecular weight is 302 g/mol. The third kappa shape index (κ3) is 3.17. The highest BCUT2D eigenvalue weighted by atomic mass is 19.1. The second-order valence-electron chi connectivity index (χ2n) is 5.62. The van der Waals surface area contributed by atoms with Gasteiger partial charge in [-0.15, -0.1) is 0 Å². The number of carbonyl (C=O) groups excluding carboxylic acids is 1. The molecule has 0 aliphatic carbocycles. The molecule has 5 nitrogen and oxygen atoms in total. The zero-order valence-corrected chi connectivity index (χ0v) is 12.4. The molecule has 1 amide bonds. The number of nitrogens with one attached hydrogen (secondary N) is 2. The fraction of sp³-hybridized carbons (Fsp3) is 0.375. The molecule has 2 N–H and O–H groups in total. The second-order valence-corrected chi connectivity index (χ2v) is 5.62. The molecule has 0 spiro atoms. The quantitative estimate of drug-likeness (QED) is 0.903. The van der Waals surface area contributed by atoms with Crippen LogP contribution in [0.5, 0.6) is 0 Å². The Morgan fingerprint density at radius 2 is 2.27 bits per heavy atom. The van der Waals surface area contributed by atoms with E-state index in [1.165, 1.54) is 6.07 Å². The fourth-order valence-electron chi connectivity index (χ4n) is 2.85. The van der Waals surface area contributed by atoms with Gasteiger partial charge < -0.3 is 10.6 Å². The number of aryl methyl sites for hydroxylation is 1. The SMILES string of the molecule is Cn1cc(CN[C@@H]2CCC(=O)N[C@H]2c2ccccc2F)cn1. The van der Waals surface area contributed by atoms with Crippen LogP contribution in [0.1, 0.15) is 30.0 Å².